The number of anilines is 2. The number of hydrogen-bond donors (Lipinski definition) is 1. The van der Waals surface area contributed by atoms with E-state index in [1.54, 1.807) is 25.3 Å². The number of benzene rings is 2. The SMILES string of the molecule is CCN(CC)CCOC(=O)c1ccc(Cl)cc1Nc1ccc(OC)cc1. The molecule has 2 aromatic rings. The summed E-state index contributed by atoms with van der Waals surface area (Å²) in [5.74, 6) is 0.391. The molecule has 0 spiro atoms. The van der Waals surface area contributed by atoms with Gasteiger partial charge in [-0.2, -0.15) is 0 Å². The van der Waals surface area contributed by atoms with E-state index in [1.165, 1.54) is 0 Å². The zero-order chi connectivity index (χ0) is 18.9. The molecule has 0 saturated heterocycles. The Morgan fingerprint density at radius 2 is 1.81 bits per heavy atom. The largest absolute Gasteiger partial charge is 0.497 e. The fraction of sp³-hybridized carbons (Fsp3) is 0.350. The lowest BCUT2D eigenvalue weighted by atomic mass is 10.1. The Hall–Kier alpha value is -2.24. The molecule has 5 nitrogen and oxygen atoms in total. The second-order valence-corrected chi connectivity index (χ2v) is 6.14. The van der Waals surface area contributed by atoms with Crippen LogP contribution in [-0.4, -0.2) is 44.2 Å². The molecule has 26 heavy (non-hydrogen) atoms. The van der Waals surface area contributed by atoms with Crippen LogP contribution in [0.5, 0.6) is 5.75 Å². The first-order chi connectivity index (χ1) is 12.6. The van der Waals surface area contributed by atoms with E-state index < -0.39 is 0 Å². The first-order valence-corrected chi connectivity index (χ1v) is 9.05. The van der Waals surface area contributed by atoms with Crippen molar-refractivity contribution in [2.75, 3.05) is 38.7 Å². The van der Waals surface area contributed by atoms with Gasteiger partial charge in [-0.05, 0) is 55.6 Å². The minimum atomic E-state index is -0.371. The Kier molecular flexibility index (Phi) is 7.75. The van der Waals surface area contributed by atoms with Crippen molar-refractivity contribution in [3.63, 3.8) is 0 Å². The van der Waals surface area contributed by atoms with Gasteiger partial charge in [-0.3, -0.25) is 0 Å². The van der Waals surface area contributed by atoms with Crippen LogP contribution in [0.15, 0.2) is 42.5 Å². The summed E-state index contributed by atoms with van der Waals surface area (Å²) in [5.41, 5.74) is 1.88. The Labute approximate surface area is 159 Å². The molecule has 2 rings (SSSR count). The van der Waals surface area contributed by atoms with Gasteiger partial charge >= 0.3 is 5.97 Å². The Morgan fingerprint density at radius 3 is 2.42 bits per heavy atom. The van der Waals surface area contributed by atoms with Crippen LogP contribution in [0.3, 0.4) is 0 Å². The van der Waals surface area contributed by atoms with Crippen LogP contribution in [0, 0.1) is 0 Å². The van der Waals surface area contributed by atoms with Crippen molar-refractivity contribution in [1.82, 2.24) is 4.90 Å². The molecule has 0 heterocycles. The lowest BCUT2D eigenvalue weighted by Gasteiger charge is -2.18. The number of hydrogen-bond acceptors (Lipinski definition) is 5. The zero-order valence-electron chi connectivity index (χ0n) is 15.4. The van der Waals surface area contributed by atoms with Crippen molar-refractivity contribution in [3.05, 3.63) is 53.1 Å². The zero-order valence-corrected chi connectivity index (χ0v) is 16.2. The lowest BCUT2D eigenvalue weighted by Crippen LogP contribution is -2.28. The van der Waals surface area contributed by atoms with Gasteiger partial charge < -0.3 is 19.7 Å². The summed E-state index contributed by atoms with van der Waals surface area (Å²) in [5, 5.41) is 3.76. The molecule has 1 N–H and O–H groups in total. The number of nitrogens with one attached hydrogen (secondary N) is 1. The maximum atomic E-state index is 12.5. The molecule has 0 bridgehead atoms. The number of methoxy groups -OCH3 is 1. The monoisotopic (exact) mass is 376 g/mol. The van der Waals surface area contributed by atoms with E-state index in [0.717, 1.165) is 24.5 Å². The quantitative estimate of drug-likeness (QED) is 0.648. The van der Waals surface area contributed by atoms with Gasteiger partial charge in [0.1, 0.15) is 12.4 Å². The first-order valence-electron chi connectivity index (χ1n) is 8.67. The average molecular weight is 377 g/mol. The molecule has 0 aliphatic heterocycles. The fourth-order valence-corrected chi connectivity index (χ4v) is 2.68. The smallest absolute Gasteiger partial charge is 0.340 e. The summed E-state index contributed by atoms with van der Waals surface area (Å²) < 4.78 is 10.6. The molecular formula is C20H25ClN2O3. The number of halogens is 1. The number of ether oxygens (including phenoxy) is 2. The highest BCUT2D eigenvalue weighted by Gasteiger charge is 2.14. The topological polar surface area (TPSA) is 50.8 Å². The molecule has 140 valence electrons. The molecule has 0 aliphatic carbocycles. The maximum Gasteiger partial charge on any atom is 0.340 e. The highest BCUT2D eigenvalue weighted by molar-refractivity contribution is 6.31. The number of carbonyl (C=O) groups is 1. The second kappa shape index (κ2) is 10.0. The minimum absolute atomic E-state index is 0.352. The van der Waals surface area contributed by atoms with Gasteiger partial charge in [0.25, 0.3) is 0 Å². The van der Waals surface area contributed by atoms with Crippen LogP contribution in [-0.2, 0) is 4.74 Å². The Morgan fingerprint density at radius 1 is 1.12 bits per heavy atom. The number of likely N-dealkylation sites (N-methyl/N-ethyl adjacent to an activating group) is 1. The van der Waals surface area contributed by atoms with E-state index in [4.69, 9.17) is 21.1 Å². The van der Waals surface area contributed by atoms with Crippen molar-refractivity contribution in [2.24, 2.45) is 0 Å². The summed E-state index contributed by atoms with van der Waals surface area (Å²) in [6, 6.07) is 12.5. The lowest BCUT2D eigenvalue weighted by molar-refractivity contribution is 0.0467. The molecule has 0 fully saturated rings. The van der Waals surface area contributed by atoms with Gasteiger partial charge in [-0.1, -0.05) is 25.4 Å². The first kappa shape index (κ1) is 20.1. The Bertz CT molecular complexity index is 715. The van der Waals surface area contributed by atoms with Crippen LogP contribution in [0.2, 0.25) is 5.02 Å². The molecule has 0 unspecified atom stereocenters. The van der Waals surface area contributed by atoms with E-state index in [-0.39, 0.29) is 5.97 Å². The van der Waals surface area contributed by atoms with E-state index in [0.29, 0.717) is 29.4 Å². The van der Waals surface area contributed by atoms with Gasteiger partial charge in [-0.15, -0.1) is 0 Å². The predicted molar refractivity (Wildman–Crippen MR) is 106 cm³/mol. The number of nitrogens with zero attached hydrogens (tertiary/aromatic N) is 1. The summed E-state index contributed by atoms with van der Waals surface area (Å²) in [6.07, 6.45) is 0. The molecule has 0 aromatic heterocycles. The fourth-order valence-electron chi connectivity index (χ4n) is 2.51. The normalized spacial score (nSPS) is 10.7. The van der Waals surface area contributed by atoms with Crippen LogP contribution in [0.1, 0.15) is 24.2 Å². The van der Waals surface area contributed by atoms with Gasteiger partial charge in [0.2, 0.25) is 0 Å². The molecule has 2 aromatic carbocycles. The van der Waals surface area contributed by atoms with Crippen LogP contribution >= 0.6 is 11.6 Å². The maximum absolute atomic E-state index is 12.5. The van der Waals surface area contributed by atoms with Crippen molar-refractivity contribution in [2.45, 2.75) is 13.8 Å². The minimum Gasteiger partial charge on any atom is -0.497 e. The number of rotatable bonds is 9. The third kappa shape index (κ3) is 5.64. The van der Waals surface area contributed by atoms with Gasteiger partial charge in [0.15, 0.2) is 0 Å². The van der Waals surface area contributed by atoms with Crippen LogP contribution in [0.4, 0.5) is 11.4 Å². The van der Waals surface area contributed by atoms with Gasteiger partial charge in [0.05, 0.1) is 18.4 Å². The average Bonchev–Trinajstić information content (AvgIpc) is 2.66. The van der Waals surface area contributed by atoms with E-state index in [9.17, 15) is 4.79 Å². The summed E-state index contributed by atoms with van der Waals surface area (Å²) >= 11 is 6.10. The predicted octanol–water partition coefficient (Wildman–Crippen LogP) is 4.59. The van der Waals surface area contributed by atoms with E-state index in [2.05, 4.69) is 24.1 Å². The third-order valence-electron chi connectivity index (χ3n) is 4.11. The highest BCUT2D eigenvalue weighted by atomic mass is 35.5. The molecule has 6 heteroatoms. The van der Waals surface area contributed by atoms with E-state index in [1.807, 2.05) is 24.3 Å². The molecule has 0 saturated carbocycles. The van der Waals surface area contributed by atoms with Crippen molar-refractivity contribution < 1.29 is 14.3 Å². The summed E-state index contributed by atoms with van der Waals surface area (Å²) in [6.45, 7) is 7.10. The standard InChI is InChI=1S/C20H25ClN2O3/c1-4-23(5-2)12-13-26-20(24)18-11-6-15(21)14-19(18)22-16-7-9-17(25-3)10-8-16/h6-11,14,22H,4-5,12-13H2,1-3H3. The summed E-state index contributed by atoms with van der Waals surface area (Å²) in [4.78, 5) is 14.7. The third-order valence-corrected chi connectivity index (χ3v) is 4.34. The van der Waals surface area contributed by atoms with Gasteiger partial charge in [-0.25, -0.2) is 4.79 Å². The number of carbonyl (C=O) groups excluding carboxylic acids is 1. The van der Waals surface area contributed by atoms with Crippen LogP contribution < -0.4 is 10.1 Å². The summed E-state index contributed by atoms with van der Waals surface area (Å²) in [7, 11) is 1.62. The van der Waals surface area contributed by atoms with E-state index >= 15 is 0 Å². The Balaban J connectivity index is 2.09. The highest BCUT2D eigenvalue weighted by Crippen LogP contribution is 2.26. The molecule has 0 aliphatic rings. The number of esters is 1. The molecular weight excluding hydrogens is 352 g/mol. The molecule has 0 atom stereocenters. The van der Waals surface area contributed by atoms with Crippen molar-refractivity contribution in [1.29, 1.82) is 0 Å². The van der Waals surface area contributed by atoms with Crippen molar-refractivity contribution in [3.8, 4) is 5.75 Å². The molecule has 0 radical (unpaired) electrons. The van der Waals surface area contributed by atoms with Gasteiger partial charge in [0, 0.05) is 17.3 Å². The second-order valence-electron chi connectivity index (χ2n) is 5.71. The van der Waals surface area contributed by atoms with Crippen LogP contribution in [0.25, 0.3) is 0 Å². The van der Waals surface area contributed by atoms with Crippen molar-refractivity contribution >= 4 is 28.9 Å². The molecule has 0 amide bonds.